The minimum atomic E-state index is -4.92. The number of halogens is 3. The van der Waals surface area contributed by atoms with E-state index in [9.17, 15) is 22.8 Å². The minimum absolute atomic E-state index is 0.0514. The van der Waals surface area contributed by atoms with Gasteiger partial charge < -0.3 is 18.8 Å². The highest BCUT2D eigenvalue weighted by Crippen LogP contribution is 2.58. The number of anilines is 1. The topological polar surface area (TPSA) is 118 Å². The van der Waals surface area contributed by atoms with E-state index in [0.29, 0.717) is 47.1 Å². The first kappa shape index (κ1) is 30.9. The Morgan fingerprint density at radius 2 is 1.67 bits per heavy atom. The summed E-state index contributed by atoms with van der Waals surface area (Å²) in [5.41, 5.74) is 0.890. The maximum Gasteiger partial charge on any atom is 0.471 e. The smallest absolute Gasteiger partial charge is 0.339 e. The second kappa shape index (κ2) is 10.9. The fraction of sp³-hybridized carbons (Fsp3) is 0.636. The van der Waals surface area contributed by atoms with Crippen molar-refractivity contribution in [2.75, 3.05) is 24.5 Å². The van der Waals surface area contributed by atoms with Crippen molar-refractivity contribution in [1.29, 1.82) is 0 Å². The molecule has 1 aromatic carbocycles. The molecule has 0 unspecified atom stereocenters. The summed E-state index contributed by atoms with van der Waals surface area (Å²) in [6.07, 6.45) is 2.51. The summed E-state index contributed by atoms with van der Waals surface area (Å²) in [5.74, 6) is 0.470. The van der Waals surface area contributed by atoms with Crippen molar-refractivity contribution >= 4 is 17.5 Å². The molecule has 2 bridgehead atoms. The lowest BCUT2D eigenvalue weighted by Crippen LogP contribution is -2.56. The second-order valence-electron chi connectivity index (χ2n) is 15.0. The van der Waals surface area contributed by atoms with Crippen LogP contribution in [0.15, 0.2) is 33.3 Å². The Kier molecular flexibility index (Phi) is 7.32. The largest absolute Gasteiger partial charge is 0.471 e. The zero-order chi connectivity index (χ0) is 32.5. The fourth-order valence-corrected chi connectivity index (χ4v) is 7.29. The van der Waals surface area contributed by atoms with Crippen molar-refractivity contribution in [2.45, 2.75) is 101 Å². The summed E-state index contributed by atoms with van der Waals surface area (Å²) in [7, 11) is 0. The van der Waals surface area contributed by atoms with Crippen LogP contribution in [-0.4, -0.2) is 62.8 Å². The molecule has 4 aliphatic carbocycles. The molecule has 2 aromatic heterocycles. The van der Waals surface area contributed by atoms with Crippen LogP contribution in [0.3, 0.4) is 0 Å². The van der Waals surface area contributed by atoms with Gasteiger partial charge in [0.05, 0.1) is 0 Å². The number of carbonyl (C=O) groups excluding carboxylic acids is 2. The van der Waals surface area contributed by atoms with Crippen molar-refractivity contribution in [1.82, 2.24) is 25.2 Å². The van der Waals surface area contributed by atoms with Crippen LogP contribution in [0.2, 0.25) is 0 Å². The zero-order valence-corrected chi connectivity index (χ0v) is 26.4. The third kappa shape index (κ3) is 5.81. The van der Waals surface area contributed by atoms with Gasteiger partial charge in [0, 0.05) is 60.0 Å². The average molecular weight is 641 g/mol. The highest BCUT2D eigenvalue weighted by atomic mass is 19.4. The molecule has 1 saturated heterocycles. The highest BCUT2D eigenvalue weighted by molar-refractivity contribution is 5.94. The lowest BCUT2D eigenvalue weighted by molar-refractivity contribution is -0.191. The van der Waals surface area contributed by atoms with E-state index in [-0.39, 0.29) is 47.6 Å². The molecule has 1 aliphatic heterocycles. The van der Waals surface area contributed by atoms with E-state index in [4.69, 9.17) is 14.0 Å². The first-order valence-electron chi connectivity index (χ1n) is 16.2. The SMILES string of the molecule is CC(C)(C)c1noc(C23CCC(CN(C(=O)CC4CN(C(=O)C(F)(F)F)C4)c4cccc(-c5nc(C6CC6)no5)c4)(CC2)CC3)n1. The van der Waals surface area contributed by atoms with Gasteiger partial charge in [0.2, 0.25) is 11.8 Å². The van der Waals surface area contributed by atoms with Gasteiger partial charge in [-0.15, -0.1) is 0 Å². The number of hydrogen-bond donors (Lipinski definition) is 0. The molecule has 46 heavy (non-hydrogen) atoms. The number of hydrogen-bond acceptors (Lipinski definition) is 8. The molecule has 0 radical (unpaired) electrons. The summed E-state index contributed by atoms with van der Waals surface area (Å²) >= 11 is 0. The van der Waals surface area contributed by atoms with E-state index in [0.717, 1.165) is 56.3 Å². The predicted molar refractivity (Wildman–Crippen MR) is 160 cm³/mol. The molecule has 13 heteroatoms. The second-order valence-corrected chi connectivity index (χ2v) is 15.0. The molecule has 5 fully saturated rings. The number of rotatable bonds is 8. The Bertz CT molecular complexity index is 1610. The minimum Gasteiger partial charge on any atom is -0.339 e. The van der Waals surface area contributed by atoms with E-state index < -0.39 is 12.1 Å². The van der Waals surface area contributed by atoms with E-state index in [2.05, 4.69) is 36.1 Å². The normalized spacial score (nSPS) is 25.0. The molecule has 0 spiro atoms. The van der Waals surface area contributed by atoms with Crippen LogP contribution in [0.4, 0.5) is 18.9 Å². The van der Waals surface area contributed by atoms with Gasteiger partial charge in [-0.3, -0.25) is 9.59 Å². The first-order valence-corrected chi connectivity index (χ1v) is 16.2. The standard InChI is InChI=1S/C33H39F3N6O4/c1-30(2,3)27-38-28(46-40-27)32-12-9-31(10-13-32,11-14-32)19-42(24(43)15-20-17-41(18-20)29(44)33(34,35)36)23-6-4-5-22(16-23)26-37-25(39-45-26)21-7-8-21/h4-6,16,20-21H,7-15,17-19H2,1-3H3. The molecule has 246 valence electrons. The third-order valence-corrected chi connectivity index (χ3v) is 10.5. The number of carbonyl (C=O) groups is 2. The zero-order valence-electron chi connectivity index (χ0n) is 26.4. The Morgan fingerprint density at radius 3 is 2.28 bits per heavy atom. The van der Waals surface area contributed by atoms with Crippen molar-refractivity contribution < 1.29 is 31.8 Å². The Hall–Kier alpha value is -3.77. The summed E-state index contributed by atoms with van der Waals surface area (Å²) in [4.78, 5) is 37.6. The Balaban J connectivity index is 1.10. The molecular formula is C33H39F3N6O4. The van der Waals surface area contributed by atoms with Crippen molar-refractivity contribution in [2.24, 2.45) is 11.3 Å². The van der Waals surface area contributed by atoms with Crippen LogP contribution in [-0.2, 0) is 20.4 Å². The molecular weight excluding hydrogens is 601 g/mol. The van der Waals surface area contributed by atoms with Gasteiger partial charge in [-0.25, -0.2) is 0 Å². The molecule has 0 N–H and O–H groups in total. The van der Waals surface area contributed by atoms with Crippen molar-refractivity contribution in [3.8, 4) is 11.5 Å². The van der Waals surface area contributed by atoms with Crippen LogP contribution in [0, 0.1) is 11.3 Å². The van der Waals surface area contributed by atoms with Gasteiger partial charge in [0.25, 0.3) is 5.89 Å². The van der Waals surface area contributed by atoms with Gasteiger partial charge in [-0.05, 0) is 75.0 Å². The molecule has 10 nitrogen and oxygen atoms in total. The monoisotopic (exact) mass is 640 g/mol. The average Bonchev–Trinajstić information content (AvgIpc) is 3.49. The van der Waals surface area contributed by atoms with Gasteiger partial charge in [0.1, 0.15) is 0 Å². The van der Waals surface area contributed by atoms with E-state index >= 15 is 0 Å². The maximum absolute atomic E-state index is 14.0. The number of benzene rings is 1. The number of nitrogens with zero attached hydrogens (tertiary/aromatic N) is 6. The molecule has 8 rings (SSSR count). The van der Waals surface area contributed by atoms with Crippen LogP contribution in [0.5, 0.6) is 0 Å². The van der Waals surface area contributed by atoms with Crippen LogP contribution >= 0.6 is 0 Å². The summed E-state index contributed by atoms with van der Waals surface area (Å²) in [5, 5.41) is 8.41. The lowest BCUT2D eigenvalue weighted by Gasteiger charge is -2.53. The van der Waals surface area contributed by atoms with Gasteiger partial charge in [0.15, 0.2) is 11.6 Å². The van der Waals surface area contributed by atoms with Gasteiger partial charge in [-0.1, -0.05) is 37.2 Å². The van der Waals surface area contributed by atoms with Crippen LogP contribution in [0.25, 0.3) is 11.5 Å². The number of fused-ring (bicyclic) bond motifs is 3. The van der Waals surface area contributed by atoms with E-state index in [1.54, 1.807) is 4.90 Å². The number of amides is 2. The van der Waals surface area contributed by atoms with E-state index in [1.165, 1.54) is 0 Å². The van der Waals surface area contributed by atoms with Gasteiger partial charge in [-0.2, -0.15) is 23.1 Å². The number of aromatic nitrogens is 4. The van der Waals surface area contributed by atoms with Gasteiger partial charge >= 0.3 is 12.1 Å². The number of likely N-dealkylation sites (tertiary alicyclic amines) is 1. The van der Waals surface area contributed by atoms with E-state index in [1.807, 2.05) is 24.3 Å². The highest BCUT2D eigenvalue weighted by Gasteiger charge is 2.53. The predicted octanol–water partition coefficient (Wildman–Crippen LogP) is 6.33. The molecule has 5 aliphatic rings. The summed E-state index contributed by atoms with van der Waals surface area (Å²) < 4.78 is 50.1. The third-order valence-electron chi connectivity index (χ3n) is 10.5. The fourth-order valence-electron chi connectivity index (χ4n) is 7.29. The summed E-state index contributed by atoms with van der Waals surface area (Å²) in [6, 6.07) is 7.47. The number of alkyl halides is 3. The molecule has 4 saturated carbocycles. The first-order chi connectivity index (χ1) is 21.7. The maximum atomic E-state index is 14.0. The molecule has 0 atom stereocenters. The molecule has 2 amide bonds. The Labute approximate surface area is 265 Å². The lowest BCUT2D eigenvalue weighted by atomic mass is 9.53. The summed E-state index contributed by atoms with van der Waals surface area (Å²) in [6.45, 7) is 6.50. The van der Waals surface area contributed by atoms with Crippen LogP contribution in [0.1, 0.15) is 102 Å². The quantitative estimate of drug-likeness (QED) is 0.280. The Morgan fingerprint density at radius 1 is 0.978 bits per heavy atom. The van der Waals surface area contributed by atoms with Crippen molar-refractivity contribution in [3.05, 3.63) is 41.8 Å². The van der Waals surface area contributed by atoms with Crippen molar-refractivity contribution in [3.63, 3.8) is 0 Å². The van der Waals surface area contributed by atoms with Crippen LogP contribution < -0.4 is 4.90 Å². The molecule has 3 heterocycles. The molecule has 3 aromatic rings.